The molecule has 28 heavy (non-hydrogen) atoms. The number of hydrogen-bond donors (Lipinski definition) is 2. The number of amides is 2. The number of carbonyl (C=O) groups is 2. The van der Waals surface area contributed by atoms with Crippen molar-refractivity contribution < 1.29 is 9.59 Å². The van der Waals surface area contributed by atoms with Gasteiger partial charge in [0.15, 0.2) is 0 Å². The Morgan fingerprint density at radius 3 is 2.50 bits per heavy atom. The molecule has 1 heterocycles. The molecule has 0 spiro atoms. The highest BCUT2D eigenvalue weighted by molar-refractivity contribution is 6.33. The van der Waals surface area contributed by atoms with Gasteiger partial charge in [-0.1, -0.05) is 61.2 Å². The Balaban J connectivity index is 1.51. The lowest BCUT2D eigenvalue weighted by atomic mass is 9.89. The molecule has 1 aliphatic carbocycles. The van der Waals surface area contributed by atoms with Crippen LogP contribution < -0.4 is 10.6 Å². The van der Waals surface area contributed by atoms with Crippen LogP contribution in [0.25, 0.3) is 0 Å². The molecule has 6 nitrogen and oxygen atoms in total. The maximum absolute atomic E-state index is 12.5. The van der Waals surface area contributed by atoms with Crippen molar-refractivity contribution in [2.45, 2.75) is 45.6 Å². The zero-order valence-corrected chi connectivity index (χ0v) is 17.0. The van der Waals surface area contributed by atoms with E-state index in [2.05, 4.69) is 15.7 Å². The molecule has 0 atom stereocenters. The van der Waals surface area contributed by atoms with E-state index in [4.69, 9.17) is 11.6 Å². The second-order valence-electron chi connectivity index (χ2n) is 7.28. The summed E-state index contributed by atoms with van der Waals surface area (Å²) in [4.78, 5) is 24.7. The Labute approximate surface area is 170 Å². The number of rotatable bonds is 7. The maximum atomic E-state index is 12.5. The lowest BCUT2D eigenvalue weighted by molar-refractivity contribution is -0.125. The van der Waals surface area contributed by atoms with E-state index in [0.29, 0.717) is 36.0 Å². The maximum Gasteiger partial charge on any atom is 0.256 e. The first kappa shape index (κ1) is 20.4. The predicted octanol–water partition coefficient (Wildman–Crippen LogP) is 3.32. The van der Waals surface area contributed by atoms with E-state index in [1.54, 1.807) is 11.6 Å². The minimum Gasteiger partial charge on any atom is -0.354 e. The fraction of sp³-hybridized carbons (Fsp3) is 0.476. The molecule has 1 saturated carbocycles. The van der Waals surface area contributed by atoms with Crippen molar-refractivity contribution in [3.05, 3.63) is 52.3 Å². The molecule has 0 unspecified atom stereocenters. The lowest BCUT2D eigenvalue weighted by Crippen LogP contribution is -2.38. The van der Waals surface area contributed by atoms with Crippen molar-refractivity contribution in [3.63, 3.8) is 0 Å². The number of hydrogen-bond acceptors (Lipinski definition) is 3. The van der Waals surface area contributed by atoms with E-state index in [-0.39, 0.29) is 17.7 Å². The third-order valence-electron chi connectivity index (χ3n) is 5.15. The van der Waals surface area contributed by atoms with Gasteiger partial charge in [-0.15, -0.1) is 0 Å². The van der Waals surface area contributed by atoms with E-state index >= 15 is 0 Å². The van der Waals surface area contributed by atoms with Gasteiger partial charge >= 0.3 is 0 Å². The average molecular weight is 403 g/mol. The summed E-state index contributed by atoms with van der Waals surface area (Å²) in [5.41, 5.74) is 2.03. The largest absolute Gasteiger partial charge is 0.354 e. The fourth-order valence-corrected chi connectivity index (χ4v) is 3.95. The van der Waals surface area contributed by atoms with Gasteiger partial charge in [0.05, 0.1) is 17.8 Å². The molecule has 0 aliphatic heterocycles. The molecule has 7 heteroatoms. The summed E-state index contributed by atoms with van der Waals surface area (Å²) in [6, 6.07) is 9.83. The minimum atomic E-state index is -0.270. The SMILES string of the molecule is Cc1nn(Cc2ccccc2)c(Cl)c1C(=O)NCCNC(=O)C1CCCCC1. The molecular weight excluding hydrogens is 376 g/mol. The number of nitrogens with zero attached hydrogens (tertiary/aromatic N) is 2. The van der Waals surface area contributed by atoms with Gasteiger partial charge in [0.25, 0.3) is 5.91 Å². The van der Waals surface area contributed by atoms with Gasteiger partial charge in [-0.05, 0) is 25.3 Å². The summed E-state index contributed by atoms with van der Waals surface area (Å²) in [5, 5.41) is 10.5. The van der Waals surface area contributed by atoms with Crippen LogP contribution in [0.4, 0.5) is 0 Å². The first-order valence-corrected chi connectivity index (χ1v) is 10.3. The first-order valence-electron chi connectivity index (χ1n) is 9.89. The van der Waals surface area contributed by atoms with E-state index in [1.807, 2.05) is 30.3 Å². The molecule has 1 aromatic carbocycles. The summed E-state index contributed by atoms with van der Waals surface area (Å²) in [6.45, 7) is 3.05. The second kappa shape index (κ2) is 9.73. The zero-order valence-electron chi connectivity index (χ0n) is 16.2. The van der Waals surface area contributed by atoms with Crippen molar-refractivity contribution in [2.24, 2.45) is 5.92 Å². The quantitative estimate of drug-likeness (QED) is 0.697. The van der Waals surface area contributed by atoms with Gasteiger partial charge in [-0.3, -0.25) is 9.59 Å². The Kier molecular flexibility index (Phi) is 7.09. The molecule has 1 fully saturated rings. The van der Waals surface area contributed by atoms with Crippen LogP contribution in [-0.2, 0) is 11.3 Å². The van der Waals surface area contributed by atoms with Crippen LogP contribution in [0.1, 0.15) is 53.7 Å². The highest BCUT2D eigenvalue weighted by atomic mass is 35.5. The van der Waals surface area contributed by atoms with Crippen molar-refractivity contribution >= 4 is 23.4 Å². The van der Waals surface area contributed by atoms with Gasteiger partial charge in [0, 0.05) is 19.0 Å². The Bertz CT molecular complexity index is 813. The molecule has 2 aromatic rings. The van der Waals surface area contributed by atoms with Gasteiger partial charge in [0.1, 0.15) is 5.15 Å². The normalized spacial score (nSPS) is 14.6. The third-order valence-corrected chi connectivity index (χ3v) is 5.54. The Morgan fingerprint density at radius 2 is 1.79 bits per heavy atom. The van der Waals surface area contributed by atoms with Crippen LogP contribution in [0.5, 0.6) is 0 Å². The Hall–Kier alpha value is -2.34. The monoisotopic (exact) mass is 402 g/mol. The van der Waals surface area contributed by atoms with Gasteiger partial charge in [-0.2, -0.15) is 5.10 Å². The molecule has 1 aromatic heterocycles. The second-order valence-corrected chi connectivity index (χ2v) is 7.63. The molecule has 2 N–H and O–H groups in total. The summed E-state index contributed by atoms with van der Waals surface area (Å²) >= 11 is 6.41. The van der Waals surface area contributed by atoms with Crippen LogP contribution in [-0.4, -0.2) is 34.7 Å². The van der Waals surface area contributed by atoms with Crippen molar-refractivity contribution in [1.82, 2.24) is 20.4 Å². The number of aromatic nitrogens is 2. The van der Waals surface area contributed by atoms with Crippen LogP contribution in [0.15, 0.2) is 30.3 Å². The summed E-state index contributed by atoms with van der Waals surface area (Å²) < 4.78 is 1.63. The van der Waals surface area contributed by atoms with E-state index < -0.39 is 0 Å². The van der Waals surface area contributed by atoms with Crippen LogP contribution >= 0.6 is 11.6 Å². The number of benzene rings is 1. The smallest absolute Gasteiger partial charge is 0.256 e. The molecule has 3 rings (SSSR count). The van der Waals surface area contributed by atoms with E-state index in [1.165, 1.54) is 6.42 Å². The van der Waals surface area contributed by atoms with Crippen LogP contribution in [0, 0.1) is 12.8 Å². The fourth-order valence-electron chi connectivity index (χ4n) is 3.63. The summed E-state index contributed by atoms with van der Waals surface area (Å²) in [7, 11) is 0. The average Bonchev–Trinajstić information content (AvgIpc) is 2.99. The van der Waals surface area contributed by atoms with Gasteiger partial charge in [-0.25, -0.2) is 4.68 Å². The first-order chi connectivity index (χ1) is 13.6. The van der Waals surface area contributed by atoms with Crippen LogP contribution in [0.2, 0.25) is 5.15 Å². The number of nitrogens with one attached hydrogen (secondary N) is 2. The third kappa shape index (κ3) is 5.13. The minimum absolute atomic E-state index is 0.0962. The van der Waals surface area contributed by atoms with Crippen molar-refractivity contribution in [1.29, 1.82) is 0 Å². The van der Waals surface area contributed by atoms with Gasteiger partial charge in [0.2, 0.25) is 5.91 Å². The summed E-state index contributed by atoms with van der Waals surface area (Å²) in [6.07, 6.45) is 5.40. The molecule has 150 valence electrons. The lowest BCUT2D eigenvalue weighted by Gasteiger charge is -2.20. The van der Waals surface area contributed by atoms with Gasteiger partial charge < -0.3 is 10.6 Å². The topological polar surface area (TPSA) is 76.0 Å². The highest BCUT2D eigenvalue weighted by Crippen LogP contribution is 2.23. The highest BCUT2D eigenvalue weighted by Gasteiger charge is 2.22. The molecule has 0 saturated heterocycles. The van der Waals surface area contributed by atoms with Crippen LogP contribution in [0.3, 0.4) is 0 Å². The molecular formula is C21H27ClN4O2. The molecule has 0 radical (unpaired) electrons. The zero-order chi connectivity index (χ0) is 19.9. The van der Waals surface area contributed by atoms with E-state index in [9.17, 15) is 9.59 Å². The number of aryl methyl sites for hydroxylation is 1. The Morgan fingerprint density at radius 1 is 1.11 bits per heavy atom. The van der Waals surface area contributed by atoms with E-state index in [0.717, 1.165) is 31.2 Å². The molecule has 2 amide bonds. The number of halogens is 1. The summed E-state index contributed by atoms with van der Waals surface area (Å²) in [5.74, 6) is -0.0510. The van der Waals surface area contributed by atoms with Crippen molar-refractivity contribution in [2.75, 3.05) is 13.1 Å². The standard InChI is InChI=1S/C21H27ClN4O2/c1-15-18(19(22)26(25-15)14-16-8-4-2-5-9-16)21(28)24-13-12-23-20(27)17-10-6-3-7-11-17/h2,4-5,8-9,17H,3,6-7,10-14H2,1H3,(H,23,27)(H,24,28). The van der Waals surface area contributed by atoms with Crippen molar-refractivity contribution in [3.8, 4) is 0 Å². The molecule has 0 bridgehead atoms. The number of carbonyl (C=O) groups excluding carboxylic acids is 2. The molecule has 1 aliphatic rings. The predicted molar refractivity (Wildman–Crippen MR) is 109 cm³/mol.